The Balaban J connectivity index is 1.84. The van der Waals surface area contributed by atoms with Gasteiger partial charge in [0.05, 0.1) is 12.8 Å². The Morgan fingerprint density at radius 2 is 1.83 bits per heavy atom. The molecule has 0 saturated heterocycles. The highest BCUT2D eigenvalue weighted by Gasteiger charge is 2.19. The smallest absolute Gasteiger partial charge is 0.298 e. The molecule has 9 heteroatoms. The van der Waals surface area contributed by atoms with Crippen molar-refractivity contribution in [1.82, 2.24) is 18.7 Å². The van der Waals surface area contributed by atoms with Crippen LogP contribution in [0.25, 0.3) is 11.2 Å². The third-order valence-electron chi connectivity index (χ3n) is 4.76. The van der Waals surface area contributed by atoms with Crippen molar-refractivity contribution in [2.45, 2.75) is 6.54 Å². The van der Waals surface area contributed by atoms with E-state index in [4.69, 9.17) is 11.6 Å². The van der Waals surface area contributed by atoms with Gasteiger partial charge in [0.25, 0.3) is 5.56 Å². The second-order valence-corrected chi connectivity index (χ2v) is 7.25. The normalized spacial score (nSPS) is 11.4. The second-order valence-electron chi connectivity index (χ2n) is 6.81. The first kappa shape index (κ1) is 19.7. The Kier molecular flexibility index (Phi) is 5.24. The Labute approximate surface area is 176 Å². The maximum absolute atomic E-state index is 12.9. The first-order chi connectivity index (χ1) is 14.5. The predicted octanol–water partition coefficient (Wildman–Crippen LogP) is 2.58. The number of halogens is 1. The number of rotatable bonds is 5. The summed E-state index contributed by atoms with van der Waals surface area (Å²) in [6, 6.07) is 16.9. The molecule has 0 fully saturated rings. The molecule has 0 radical (unpaired) electrons. The minimum absolute atomic E-state index is 0.280. The van der Waals surface area contributed by atoms with Crippen molar-refractivity contribution in [3.63, 3.8) is 0 Å². The van der Waals surface area contributed by atoms with E-state index in [9.17, 15) is 9.59 Å². The monoisotopic (exact) mass is 422 g/mol. The van der Waals surface area contributed by atoms with E-state index in [1.54, 1.807) is 23.9 Å². The fourth-order valence-electron chi connectivity index (χ4n) is 3.21. The van der Waals surface area contributed by atoms with Crippen LogP contribution in [0.4, 0.5) is 5.95 Å². The lowest BCUT2D eigenvalue weighted by atomic mass is 10.2. The maximum atomic E-state index is 12.9. The van der Waals surface area contributed by atoms with Crippen LogP contribution in [0.2, 0.25) is 5.02 Å². The number of nitrogens with zero attached hydrogens (tertiary/aromatic N) is 5. The van der Waals surface area contributed by atoms with Crippen LogP contribution in [0, 0.1) is 0 Å². The molecular formula is C21H19ClN6O2. The molecule has 0 aliphatic heterocycles. The average Bonchev–Trinajstić information content (AvgIpc) is 3.10. The SMILES string of the molecule is Cn1c(=O)c2c(nc(NN=Cc3ccccc3)n2Cc2cccc(Cl)c2)n(C)c1=O. The molecule has 30 heavy (non-hydrogen) atoms. The highest BCUT2D eigenvalue weighted by Crippen LogP contribution is 2.19. The molecular weight excluding hydrogens is 404 g/mol. The highest BCUT2D eigenvalue weighted by molar-refractivity contribution is 6.30. The van der Waals surface area contributed by atoms with Crippen molar-refractivity contribution in [2.24, 2.45) is 19.2 Å². The quantitative estimate of drug-likeness (QED) is 0.395. The van der Waals surface area contributed by atoms with Crippen molar-refractivity contribution in [2.75, 3.05) is 5.43 Å². The Bertz CT molecular complexity index is 1370. The summed E-state index contributed by atoms with van der Waals surface area (Å²) < 4.78 is 4.11. The number of hydrogen-bond donors (Lipinski definition) is 1. The van der Waals surface area contributed by atoms with Crippen molar-refractivity contribution in [3.8, 4) is 0 Å². The van der Waals surface area contributed by atoms with Crippen molar-refractivity contribution < 1.29 is 0 Å². The molecule has 4 rings (SSSR count). The second kappa shape index (κ2) is 8.00. The fourth-order valence-corrected chi connectivity index (χ4v) is 3.42. The molecule has 2 heterocycles. The molecule has 0 saturated carbocycles. The van der Waals surface area contributed by atoms with Gasteiger partial charge in [0.15, 0.2) is 11.2 Å². The number of benzene rings is 2. The van der Waals surface area contributed by atoms with Crippen molar-refractivity contribution in [3.05, 3.63) is 91.6 Å². The molecule has 0 bridgehead atoms. The predicted molar refractivity (Wildman–Crippen MR) is 118 cm³/mol. The average molecular weight is 423 g/mol. The van der Waals surface area contributed by atoms with Gasteiger partial charge in [0, 0.05) is 19.1 Å². The minimum Gasteiger partial charge on any atom is -0.298 e. The summed E-state index contributed by atoms with van der Waals surface area (Å²) in [6.45, 7) is 0.327. The van der Waals surface area contributed by atoms with E-state index in [1.807, 2.05) is 48.5 Å². The molecule has 1 N–H and O–H groups in total. The first-order valence-electron chi connectivity index (χ1n) is 9.20. The minimum atomic E-state index is -0.445. The number of fused-ring (bicyclic) bond motifs is 1. The van der Waals surface area contributed by atoms with Gasteiger partial charge in [-0.25, -0.2) is 10.2 Å². The van der Waals surface area contributed by atoms with E-state index in [0.717, 1.165) is 15.7 Å². The van der Waals surface area contributed by atoms with Crippen LogP contribution in [-0.4, -0.2) is 24.9 Å². The van der Waals surface area contributed by atoms with Crippen LogP contribution in [0.3, 0.4) is 0 Å². The zero-order valence-electron chi connectivity index (χ0n) is 16.4. The van der Waals surface area contributed by atoms with E-state index >= 15 is 0 Å². The summed E-state index contributed by atoms with van der Waals surface area (Å²) in [5.74, 6) is 0.343. The van der Waals surface area contributed by atoms with Crippen LogP contribution in [0.5, 0.6) is 0 Å². The Morgan fingerprint density at radius 1 is 1.07 bits per heavy atom. The Morgan fingerprint density at radius 3 is 2.57 bits per heavy atom. The van der Waals surface area contributed by atoms with Crippen molar-refractivity contribution in [1.29, 1.82) is 0 Å². The molecule has 8 nitrogen and oxygen atoms in total. The summed E-state index contributed by atoms with van der Waals surface area (Å²) in [7, 11) is 3.03. The lowest BCUT2D eigenvalue weighted by Gasteiger charge is -2.09. The Hall–Kier alpha value is -3.65. The van der Waals surface area contributed by atoms with E-state index in [1.165, 1.54) is 11.6 Å². The van der Waals surface area contributed by atoms with E-state index in [0.29, 0.717) is 23.0 Å². The number of hydrogen-bond acceptors (Lipinski definition) is 5. The van der Waals surface area contributed by atoms with Crippen LogP contribution in [0.15, 0.2) is 69.3 Å². The summed E-state index contributed by atoms with van der Waals surface area (Å²) in [4.78, 5) is 29.7. The maximum Gasteiger partial charge on any atom is 0.332 e. The van der Waals surface area contributed by atoms with Gasteiger partial charge in [-0.1, -0.05) is 54.1 Å². The van der Waals surface area contributed by atoms with Gasteiger partial charge in [-0.2, -0.15) is 10.1 Å². The van der Waals surface area contributed by atoms with Crippen LogP contribution >= 0.6 is 11.6 Å². The zero-order valence-corrected chi connectivity index (χ0v) is 17.2. The molecule has 0 amide bonds. The van der Waals surface area contributed by atoms with Crippen LogP contribution in [-0.2, 0) is 20.6 Å². The van der Waals surface area contributed by atoms with E-state index < -0.39 is 11.2 Å². The van der Waals surface area contributed by atoms with Gasteiger partial charge >= 0.3 is 5.69 Å². The highest BCUT2D eigenvalue weighted by atomic mass is 35.5. The zero-order chi connectivity index (χ0) is 21.3. The summed E-state index contributed by atoms with van der Waals surface area (Å²) in [6.07, 6.45) is 1.65. The van der Waals surface area contributed by atoms with Gasteiger partial charge in [-0.05, 0) is 23.3 Å². The number of hydrazone groups is 1. The molecule has 0 aliphatic carbocycles. The number of nitrogens with one attached hydrogen (secondary N) is 1. The molecule has 0 spiro atoms. The van der Waals surface area contributed by atoms with Gasteiger partial charge in [-0.15, -0.1) is 0 Å². The standard InChI is InChI=1S/C21H19ClN6O2/c1-26-18-17(19(29)27(2)21(26)30)28(13-15-9-6-10-16(22)11-15)20(24-18)25-23-12-14-7-4-3-5-8-14/h3-12H,13H2,1-2H3,(H,24,25). The lowest BCUT2D eigenvalue weighted by molar-refractivity contribution is 0.702. The molecule has 0 atom stereocenters. The van der Waals surface area contributed by atoms with E-state index in [2.05, 4.69) is 15.5 Å². The van der Waals surface area contributed by atoms with Gasteiger partial charge in [0.2, 0.25) is 5.95 Å². The molecule has 4 aromatic rings. The topological polar surface area (TPSA) is 86.2 Å². The summed E-state index contributed by atoms with van der Waals surface area (Å²) in [5, 5.41) is 4.84. The van der Waals surface area contributed by atoms with Crippen LogP contribution < -0.4 is 16.7 Å². The van der Waals surface area contributed by atoms with Gasteiger partial charge in [0.1, 0.15) is 0 Å². The first-order valence-corrected chi connectivity index (χ1v) is 9.58. The summed E-state index contributed by atoms with van der Waals surface area (Å²) in [5.41, 5.74) is 4.40. The molecule has 2 aromatic heterocycles. The third kappa shape index (κ3) is 3.65. The van der Waals surface area contributed by atoms with Crippen molar-refractivity contribution >= 4 is 34.9 Å². The number of anilines is 1. The molecule has 152 valence electrons. The fraction of sp³-hybridized carbons (Fsp3) is 0.143. The molecule has 0 unspecified atom stereocenters. The number of aryl methyl sites for hydroxylation is 1. The number of aromatic nitrogens is 4. The largest absolute Gasteiger partial charge is 0.332 e. The summed E-state index contributed by atoms with van der Waals surface area (Å²) >= 11 is 6.12. The molecule has 2 aromatic carbocycles. The van der Waals surface area contributed by atoms with Gasteiger partial charge < -0.3 is 0 Å². The third-order valence-corrected chi connectivity index (χ3v) is 4.99. The number of imidazole rings is 1. The van der Waals surface area contributed by atoms with Crippen LogP contribution in [0.1, 0.15) is 11.1 Å². The van der Waals surface area contributed by atoms with Gasteiger partial charge in [-0.3, -0.25) is 18.5 Å². The van der Waals surface area contributed by atoms with E-state index in [-0.39, 0.29) is 5.65 Å². The molecule has 0 aliphatic rings. The lowest BCUT2D eigenvalue weighted by Crippen LogP contribution is -2.37.